The van der Waals surface area contributed by atoms with Crippen LogP contribution in [0.5, 0.6) is 0 Å². The van der Waals surface area contributed by atoms with Crippen LogP contribution in [0.2, 0.25) is 10.0 Å². The fraction of sp³-hybridized carbons (Fsp3) is 0.538. The summed E-state index contributed by atoms with van der Waals surface area (Å²) in [6.07, 6.45) is 3.33. The Kier molecular flexibility index (Phi) is 6.38. The largest absolute Gasteiger partial charge is 0.383 e. The van der Waals surface area contributed by atoms with Gasteiger partial charge >= 0.3 is 0 Å². The van der Waals surface area contributed by atoms with Crippen molar-refractivity contribution in [3.05, 3.63) is 32.3 Å². The second-order valence-corrected chi connectivity index (χ2v) is 5.67. The van der Waals surface area contributed by atoms with Crippen LogP contribution in [0.1, 0.15) is 33.1 Å². The first kappa shape index (κ1) is 16.1. The maximum Gasteiger partial charge on any atom is 0.272 e. The van der Waals surface area contributed by atoms with Gasteiger partial charge in [-0.05, 0) is 12.3 Å². The maximum absolute atomic E-state index is 10.6. The molecule has 0 fully saturated rings. The highest BCUT2D eigenvalue weighted by atomic mass is 35.5. The number of hydrogen-bond acceptors (Lipinski definition) is 3. The molecule has 4 nitrogen and oxygen atoms in total. The van der Waals surface area contributed by atoms with Crippen LogP contribution in [0.15, 0.2) is 12.1 Å². The van der Waals surface area contributed by atoms with E-state index in [1.165, 1.54) is 18.6 Å². The normalized spacial score (nSPS) is 10.8. The summed E-state index contributed by atoms with van der Waals surface area (Å²) in [5.74, 6) is 0.701. The summed E-state index contributed by atoms with van der Waals surface area (Å²) in [5.41, 5.74) is 0.471. The second-order valence-electron chi connectivity index (χ2n) is 4.86. The molecular formula is C13H18Cl2N2O2. The molecule has 0 bridgehead atoms. The number of unbranched alkanes of at least 4 members (excludes halogenated alkanes) is 1. The average molecular weight is 305 g/mol. The van der Waals surface area contributed by atoms with E-state index in [0.29, 0.717) is 11.6 Å². The Morgan fingerprint density at radius 2 is 1.84 bits per heavy atom. The lowest BCUT2D eigenvalue weighted by atomic mass is 10.1. The number of anilines is 1. The number of nitro groups is 1. The van der Waals surface area contributed by atoms with Crippen molar-refractivity contribution in [2.24, 2.45) is 5.92 Å². The Morgan fingerprint density at radius 1 is 1.26 bits per heavy atom. The Bertz CT molecular complexity index is 427. The molecule has 0 aliphatic carbocycles. The molecule has 0 amide bonds. The highest BCUT2D eigenvalue weighted by Gasteiger charge is 2.14. The highest BCUT2D eigenvalue weighted by Crippen LogP contribution is 2.34. The molecule has 0 radical (unpaired) electrons. The molecule has 0 spiro atoms. The van der Waals surface area contributed by atoms with Gasteiger partial charge in [0.25, 0.3) is 5.69 Å². The van der Waals surface area contributed by atoms with Crippen molar-refractivity contribution >= 4 is 34.6 Å². The topological polar surface area (TPSA) is 55.2 Å². The van der Waals surface area contributed by atoms with Crippen LogP contribution in [0.4, 0.5) is 11.4 Å². The van der Waals surface area contributed by atoms with Gasteiger partial charge in [-0.25, -0.2) is 0 Å². The molecule has 19 heavy (non-hydrogen) atoms. The van der Waals surface area contributed by atoms with Gasteiger partial charge in [-0.1, -0.05) is 49.9 Å². The maximum atomic E-state index is 10.6. The van der Waals surface area contributed by atoms with Crippen LogP contribution in [0.3, 0.4) is 0 Å². The molecule has 0 aliphatic rings. The molecule has 1 aromatic carbocycles. The lowest BCUT2D eigenvalue weighted by Crippen LogP contribution is -2.03. The summed E-state index contributed by atoms with van der Waals surface area (Å²) in [6.45, 7) is 5.14. The minimum Gasteiger partial charge on any atom is -0.383 e. The highest BCUT2D eigenvalue weighted by molar-refractivity contribution is 6.39. The number of nitrogens with one attached hydrogen (secondary N) is 1. The number of rotatable bonds is 7. The minimum absolute atomic E-state index is 0.0969. The van der Waals surface area contributed by atoms with Crippen molar-refractivity contribution in [2.45, 2.75) is 33.1 Å². The lowest BCUT2D eigenvalue weighted by molar-refractivity contribution is -0.384. The Hall–Kier alpha value is -1.00. The summed E-state index contributed by atoms with van der Waals surface area (Å²) in [5, 5.41) is 14.3. The summed E-state index contributed by atoms with van der Waals surface area (Å²) in [4.78, 5) is 10.1. The van der Waals surface area contributed by atoms with Gasteiger partial charge in [0.2, 0.25) is 0 Å². The van der Waals surface area contributed by atoms with Gasteiger partial charge in [-0.15, -0.1) is 0 Å². The van der Waals surface area contributed by atoms with E-state index in [1.807, 2.05) is 0 Å². The van der Waals surface area contributed by atoms with Gasteiger partial charge in [0.1, 0.15) is 0 Å². The number of hydrogen-bond donors (Lipinski definition) is 1. The van der Waals surface area contributed by atoms with E-state index in [1.54, 1.807) is 0 Å². The average Bonchev–Trinajstić information content (AvgIpc) is 2.30. The quantitative estimate of drug-likeness (QED) is 0.431. The van der Waals surface area contributed by atoms with Gasteiger partial charge in [0, 0.05) is 18.7 Å². The van der Waals surface area contributed by atoms with Crippen LogP contribution in [0.25, 0.3) is 0 Å². The minimum atomic E-state index is -0.510. The third-order valence-corrected chi connectivity index (χ3v) is 3.34. The molecule has 0 aliphatic heterocycles. The Morgan fingerprint density at radius 3 is 2.32 bits per heavy atom. The van der Waals surface area contributed by atoms with E-state index in [4.69, 9.17) is 23.2 Å². The Labute approximate surface area is 123 Å². The molecule has 0 saturated heterocycles. The monoisotopic (exact) mass is 304 g/mol. The third kappa shape index (κ3) is 5.25. The van der Waals surface area contributed by atoms with Crippen LogP contribution >= 0.6 is 23.2 Å². The van der Waals surface area contributed by atoms with Crippen LogP contribution in [-0.4, -0.2) is 11.5 Å². The van der Waals surface area contributed by atoms with Crippen molar-refractivity contribution in [3.63, 3.8) is 0 Å². The SMILES string of the molecule is CC(C)CCCCNc1c(Cl)cc([N+](=O)[O-])cc1Cl. The summed E-state index contributed by atoms with van der Waals surface area (Å²) in [6, 6.07) is 2.62. The predicted molar refractivity (Wildman–Crippen MR) is 80.3 cm³/mol. The zero-order chi connectivity index (χ0) is 14.4. The van der Waals surface area contributed by atoms with Crippen LogP contribution in [0, 0.1) is 16.0 Å². The summed E-state index contributed by atoms with van der Waals surface area (Å²) in [7, 11) is 0. The standard InChI is InChI=1S/C13H18Cl2N2O2/c1-9(2)5-3-4-6-16-13-11(14)7-10(17(18)19)8-12(13)15/h7-9,16H,3-6H2,1-2H3. The van der Waals surface area contributed by atoms with Crippen molar-refractivity contribution in [3.8, 4) is 0 Å². The van der Waals surface area contributed by atoms with Crippen molar-refractivity contribution < 1.29 is 4.92 Å². The van der Waals surface area contributed by atoms with E-state index in [9.17, 15) is 10.1 Å². The van der Waals surface area contributed by atoms with Crippen molar-refractivity contribution in [2.75, 3.05) is 11.9 Å². The number of halogens is 2. The van der Waals surface area contributed by atoms with Crippen LogP contribution in [-0.2, 0) is 0 Å². The summed E-state index contributed by atoms with van der Waals surface area (Å²) < 4.78 is 0. The van der Waals surface area contributed by atoms with Gasteiger partial charge in [-0.2, -0.15) is 0 Å². The molecule has 1 N–H and O–H groups in total. The van der Waals surface area contributed by atoms with E-state index >= 15 is 0 Å². The molecule has 0 heterocycles. The molecule has 0 unspecified atom stereocenters. The number of benzene rings is 1. The van der Waals surface area contributed by atoms with E-state index in [0.717, 1.165) is 19.4 Å². The Balaban J connectivity index is 2.57. The van der Waals surface area contributed by atoms with E-state index in [2.05, 4.69) is 19.2 Å². The number of nitrogens with zero attached hydrogens (tertiary/aromatic N) is 1. The first-order valence-electron chi connectivity index (χ1n) is 6.29. The van der Waals surface area contributed by atoms with Crippen molar-refractivity contribution in [1.29, 1.82) is 0 Å². The van der Waals surface area contributed by atoms with Crippen molar-refractivity contribution in [1.82, 2.24) is 0 Å². The molecule has 1 rings (SSSR count). The van der Waals surface area contributed by atoms with E-state index < -0.39 is 4.92 Å². The third-order valence-electron chi connectivity index (χ3n) is 2.75. The number of nitro benzene ring substituents is 1. The van der Waals surface area contributed by atoms with Crippen LogP contribution < -0.4 is 5.32 Å². The fourth-order valence-corrected chi connectivity index (χ4v) is 2.33. The smallest absolute Gasteiger partial charge is 0.272 e. The first-order chi connectivity index (χ1) is 8.91. The zero-order valence-electron chi connectivity index (χ0n) is 11.1. The number of non-ortho nitro benzene ring substituents is 1. The van der Waals surface area contributed by atoms with Gasteiger partial charge in [0.05, 0.1) is 20.7 Å². The van der Waals surface area contributed by atoms with Gasteiger partial charge < -0.3 is 5.32 Å². The first-order valence-corrected chi connectivity index (χ1v) is 7.04. The van der Waals surface area contributed by atoms with Gasteiger partial charge in [-0.3, -0.25) is 10.1 Å². The molecule has 0 aromatic heterocycles. The second kappa shape index (κ2) is 7.56. The zero-order valence-corrected chi connectivity index (χ0v) is 12.6. The molecule has 1 aromatic rings. The molecule has 6 heteroatoms. The summed E-state index contributed by atoms with van der Waals surface area (Å²) >= 11 is 12.0. The fourth-order valence-electron chi connectivity index (χ4n) is 1.73. The van der Waals surface area contributed by atoms with E-state index in [-0.39, 0.29) is 15.7 Å². The molecule has 106 valence electrons. The lowest BCUT2D eigenvalue weighted by Gasteiger charge is -2.10. The van der Waals surface area contributed by atoms with Gasteiger partial charge in [0.15, 0.2) is 0 Å². The molecule has 0 atom stereocenters. The molecular weight excluding hydrogens is 287 g/mol. The predicted octanol–water partition coefficient (Wildman–Crippen LogP) is 5.14. The molecule has 0 saturated carbocycles.